The fraction of sp³-hybridized carbons (Fsp3) is 0.211. The molecule has 0 saturated heterocycles. The number of hydrogen-bond acceptors (Lipinski definition) is 2. The fourth-order valence-electron chi connectivity index (χ4n) is 3.01. The first-order valence-corrected chi connectivity index (χ1v) is 7.09. The Labute approximate surface area is 124 Å². The van der Waals surface area contributed by atoms with E-state index in [0.717, 1.165) is 16.7 Å². The molecule has 0 aliphatic heterocycles. The standard InChI is InChI=1S/C19H18O2/c1-11-9-12(2)17(13(3)10-11)19-14(4)18(20)15-7-5-6-8-16(15)21-19/h5-10H,1-4H3. The van der Waals surface area contributed by atoms with Crippen molar-refractivity contribution in [3.63, 3.8) is 0 Å². The Hall–Kier alpha value is -2.35. The Bertz CT molecular complexity index is 878. The molecule has 2 aromatic carbocycles. The maximum absolute atomic E-state index is 12.6. The molecule has 0 aliphatic rings. The number of benzene rings is 2. The summed E-state index contributed by atoms with van der Waals surface area (Å²) in [5.74, 6) is 0.689. The third-order valence-corrected chi connectivity index (χ3v) is 3.93. The minimum atomic E-state index is 0.0474. The maximum atomic E-state index is 12.6. The van der Waals surface area contributed by atoms with Crippen molar-refractivity contribution >= 4 is 11.0 Å². The van der Waals surface area contributed by atoms with E-state index >= 15 is 0 Å². The van der Waals surface area contributed by atoms with Crippen LogP contribution in [0.2, 0.25) is 0 Å². The average Bonchev–Trinajstić information content (AvgIpc) is 2.43. The molecule has 0 radical (unpaired) electrons. The van der Waals surface area contributed by atoms with Gasteiger partial charge in [-0.25, -0.2) is 0 Å². The monoisotopic (exact) mass is 278 g/mol. The van der Waals surface area contributed by atoms with Gasteiger partial charge in [-0.05, 0) is 51.0 Å². The van der Waals surface area contributed by atoms with E-state index in [2.05, 4.69) is 32.9 Å². The molecule has 0 unspecified atom stereocenters. The van der Waals surface area contributed by atoms with Gasteiger partial charge < -0.3 is 4.42 Å². The summed E-state index contributed by atoms with van der Waals surface area (Å²) in [5, 5.41) is 0.640. The third-order valence-electron chi connectivity index (χ3n) is 3.93. The molecule has 0 aliphatic carbocycles. The summed E-state index contributed by atoms with van der Waals surface area (Å²) in [7, 11) is 0. The van der Waals surface area contributed by atoms with Crippen LogP contribution >= 0.6 is 0 Å². The topological polar surface area (TPSA) is 30.2 Å². The van der Waals surface area contributed by atoms with E-state index in [1.165, 1.54) is 5.56 Å². The second-order valence-corrected chi connectivity index (χ2v) is 5.66. The molecule has 1 aromatic heterocycles. The van der Waals surface area contributed by atoms with Crippen molar-refractivity contribution in [3.8, 4) is 11.3 Å². The quantitative estimate of drug-likeness (QED) is 0.646. The Balaban J connectivity index is 2.42. The van der Waals surface area contributed by atoms with Crippen LogP contribution in [0, 0.1) is 27.7 Å². The zero-order chi connectivity index (χ0) is 15.1. The number of rotatable bonds is 1. The summed E-state index contributed by atoms with van der Waals surface area (Å²) in [6.45, 7) is 8.04. The van der Waals surface area contributed by atoms with Crippen LogP contribution < -0.4 is 5.43 Å². The molecule has 0 spiro atoms. The number of aryl methyl sites for hydroxylation is 3. The second-order valence-electron chi connectivity index (χ2n) is 5.66. The number of para-hydroxylation sites is 1. The number of hydrogen-bond donors (Lipinski definition) is 0. The predicted molar refractivity (Wildman–Crippen MR) is 86.9 cm³/mol. The van der Waals surface area contributed by atoms with Crippen molar-refractivity contribution in [1.29, 1.82) is 0 Å². The van der Waals surface area contributed by atoms with Crippen LogP contribution in [0.3, 0.4) is 0 Å². The first-order valence-electron chi connectivity index (χ1n) is 7.09. The van der Waals surface area contributed by atoms with Gasteiger partial charge in [-0.3, -0.25) is 4.79 Å². The van der Waals surface area contributed by atoms with Gasteiger partial charge in [0, 0.05) is 11.1 Å². The summed E-state index contributed by atoms with van der Waals surface area (Å²) in [6.07, 6.45) is 0. The van der Waals surface area contributed by atoms with E-state index in [-0.39, 0.29) is 5.43 Å². The Morgan fingerprint density at radius 1 is 0.905 bits per heavy atom. The van der Waals surface area contributed by atoms with Crippen LogP contribution in [-0.4, -0.2) is 0 Å². The van der Waals surface area contributed by atoms with Crippen LogP contribution in [-0.2, 0) is 0 Å². The summed E-state index contributed by atoms with van der Waals surface area (Å²) >= 11 is 0. The lowest BCUT2D eigenvalue weighted by molar-refractivity contribution is 0.613. The molecular weight excluding hydrogens is 260 g/mol. The van der Waals surface area contributed by atoms with Gasteiger partial charge in [0.1, 0.15) is 11.3 Å². The van der Waals surface area contributed by atoms with Gasteiger partial charge in [0.2, 0.25) is 0 Å². The Morgan fingerprint density at radius 2 is 1.52 bits per heavy atom. The first kappa shape index (κ1) is 13.6. The van der Waals surface area contributed by atoms with Gasteiger partial charge in [0.15, 0.2) is 5.43 Å². The normalized spacial score (nSPS) is 11.0. The van der Waals surface area contributed by atoms with Gasteiger partial charge in [-0.2, -0.15) is 0 Å². The van der Waals surface area contributed by atoms with E-state index in [0.29, 0.717) is 22.3 Å². The zero-order valence-electron chi connectivity index (χ0n) is 12.8. The molecular formula is C19H18O2. The predicted octanol–water partition coefficient (Wildman–Crippen LogP) is 4.69. The largest absolute Gasteiger partial charge is 0.456 e. The van der Waals surface area contributed by atoms with Crippen molar-refractivity contribution in [2.24, 2.45) is 0 Å². The smallest absolute Gasteiger partial charge is 0.196 e. The molecule has 3 rings (SSSR count). The van der Waals surface area contributed by atoms with E-state index < -0.39 is 0 Å². The Morgan fingerprint density at radius 3 is 2.19 bits per heavy atom. The molecule has 21 heavy (non-hydrogen) atoms. The van der Waals surface area contributed by atoms with Crippen LogP contribution in [0.4, 0.5) is 0 Å². The molecule has 106 valence electrons. The molecule has 0 fully saturated rings. The lowest BCUT2D eigenvalue weighted by Gasteiger charge is -2.13. The highest BCUT2D eigenvalue weighted by Gasteiger charge is 2.16. The van der Waals surface area contributed by atoms with Crippen LogP contribution in [0.15, 0.2) is 45.6 Å². The summed E-state index contributed by atoms with van der Waals surface area (Å²) < 4.78 is 6.06. The van der Waals surface area contributed by atoms with E-state index in [9.17, 15) is 4.79 Å². The first-order chi connectivity index (χ1) is 9.99. The van der Waals surface area contributed by atoms with Crippen molar-refractivity contribution in [1.82, 2.24) is 0 Å². The highest BCUT2D eigenvalue weighted by molar-refractivity contribution is 5.81. The summed E-state index contributed by atoms with van der Waals surface area (Å²) in [4.78, 5) is 12.6. The van der Waals surface area contributed by atoms with Gasteiger partial charge in [0.05, 0.1) is 5.39 Å². The average molecular weight is 278 g/mol. The molecule has 0 N–H and O–H groups in total. The highest BCUT2D eigenvalue weighted by atomic mass is 16.3. The molecule has 0 atom stereocenters. The molecule has 0 saturated carbocycles. The molecule has 2 nitrogen and oxygen atoms in total. The summed E-state index contributed by atoms with van der Waals surface area (Å²) in [6, 6.07) is 11.7. The summed E-state index contributed by atoms with van der Waals surface area (Å²) in [5.41, 5.74) is 5.87. The van der Waals surface area contributed by atoms with Crippen molar-refractivity contribution in [2.45, 2.75) is 27.7 Å². The molecule has 0 amide bonds. The minimum absolute atomic E-state index is 0.0474. The van der Waals surface area contributed by atoms with Crippen LogP contribution in [0.1, 0.15) is 22.3 Å². The van der Waals surface area contributed by atoms with Gasteiger partial charge in [0.25, 0.3) is 0 Å². The number of fused-ring (bicyclic) bond motifs is 1. The third kappa shape index (κ3) is 2.17. The van der Waals surface area contributed by atoms with Crippen molar-refractivity contribution in [3.05, 3.63) is 68.9 Å². The van der Waals surface area contributed by atoms with Crippen molar-refractivity contribution in [2.75, 3.05) is 0 Å². The molecule has 3 aromatic rings. The lowest BCUT2D eigenvalue weighted by Crippen LogP contribution is -2.08. The van der Waals surface area contributed by atoms with Crippen LogP contribution in [0.25, 0.3) is 22.3 Å². The SMILES string of the molecule is Cc1cc(C)c(-c2oc3ccccc3c(=O)c2C)c(C)c1. The van der Waals surface area contributed by atoms with Crippen LogP contribution in [0.5, 0.6) is 0 Å². The molecule has 1 heterocycles. The van der Waals surface area contributed by atoms with E-state index in [4.69, 9.17) is 4.42 Å². The van der Waals surface area contributed by atoms with E-state index in [1.54, 1.807) is 0 Å². The highest BCUT2D eigenvalue weighted by Crippen LogP contribution is 2.31. The lowest BCUT2D eigenvalue weighted by atomic mass is 9.95. The van der Waals surface area contributed by atoms with Gasteiger partial charge in [-0.1, -0.05) is 29.8 Å². The van der Waals surface area contributed by atoms with E-state index in [1.807, 2.05) is 31.2 Å². The maximum Gasteiger partial charge on any atom is 0.196 e. The second kappa shape index (κ2) is 4.88. The zero-order valence-corrected chi connectivity index (χ0v) is 12.8. The van der Waals surface area contributed by atoms with Gasteiger partial charge in [-0.15, -0.1) is 0 Å². The Kier molecular flexibility index (Phi) is 3.17. The minimum Gasteiger partial charge on any atom is -0.456 e. The fourth-order valence-corrected chi connectivity index (χ4v) is 3.01. The van der Waals surface area contributed by atoms with Gasteiger partial charge >= 0.3 is 0 Å². The van der Waals surface area contributed by atoms with Crippen molar-refractivity contribution < 1.29 is 4.42 Å². The molecule has 2 heteroatoms. The molecule has 0 bridgehead atoms.